The molecule has 0 aliphatic carbocycles. The molecule has 1 aromatic heterocycles. The Bertz CT molecular complexity index is 760. The lowest BCUT2D eigenvalue weighted by atomic mass is 9.96. The summed E-state index contributed by atoms with van der Waals surface area (Å²) in [7, 11) is 0. The number of amides is 2. The molecule has 0 radical (unpaired) electrons. The maximum absolute atomic E-state index is 12.3. The molecule has 2 amide bonds. The maximum atomic E-state index is 12.3. The predicted molar refractivity (Wildman–Crippen MR) is 89.1 cm³/mol. The van der Waals surface area contributed by atoms with Crippen LogP contribution >= 0.6 is 0 Å². The van der Waals surface area contributed by atoms with E-state index in [2.05, 4.69) is 15.5 Å². The number of imide groups is 1. The molecule has 0 saturated carbocycles. The summed E-state index contributed by atoms with van der Waals surface area (Å²) in [5.74, 6) is 1.19. The molecule has 0 spiro atoms. The first-order valence-electron chi connectivity index (χ1n) is 8.70. The standard InChI is InChI=1S/C18H20N4O3/c23-17-13-5-1-2-6-14(13)18(24)22(17)9-7-15-20-16(25-21-15)10-12-4-3-8-19-11-12/h1-2,5-6,12,19H,3-4,7-11H2. The van der Waals surface area contributed by atoms with Crippen LogP contribution in [0.4, 0.5) is 0 Å². The van der Waals surface area contributed by atoms with Gasteiger partial charge in [-0.3, -0.25) is 14.5 Å². The molecular weight excluding hydrogens is 320 g/mol. The minimum absolute atomic E-state index is 0.252. The van der Waals surface area contributed by atoms with Gasteiger partial charge in [0.2, 0.25) is 5.89 Å². The summed E-state index contributed by atoms with van der Waals surface area (Å²) in [5.41, 5.74) is 0.928. The monoisotopic (exact) mass is 340 g/mol. The Morgan fingerprint density at radius 3 is 2.64 bits per heavy atom. The molecule has 0 bridgehead atoms. The van der Waals surface area contributed by atoms with Crippen LogP contribution in [0, 0.1) is 5.92 Å². The van der Waals surface area contributed by atoms with Gasteiger partial charge in [0.05, 0.1) is 11.1 Å². The number of carbonyl (C=O) groups excluding carboxylic acids is 2. The fraction of sp³-hybridized carbons (Fsp3) is 0.444. The highest BCUT2D eigenvalue weighted by Gasteiger charge is 2.34. The van der Waals surface area contributed by atoms with E-state index < -0.39 is 0 Å². The van der Waals surface area contributed by atoms with Crippen LogP contribution in [0.15, 0.2) is 28.8 Å². The molecule has 3 heterocycles. The minimum Gasteiger partial charge on any atom is -0.339 e. The summed E-state index contributed by atoms with van der Waals surface area (Å²) in [6.07, 6.45) is 3.51. The Balaban J connectivity index is 1.36. The van der Waals surface area contributed by atoms with Crippen molar-refractivity contribution in [3.05, 3.63) is 47.1 Å². The number of rotatable bonds is 5. The number of hydrogen-bond acceptors (Lipinski definition) is 6. The molecule has 1 N–H and O–H groups in total. The van der Waals surface area contributed by atoms with Gasteiger partial charge < -0.3 is 9.84 Å². The molecule has 7 heteroatoms. The third-order valence-corrected chi connectivity index (χ3v) is 4.81. The van der Waals surface area contributed by atoms with Crippen molar-refractivity contribution >= 4 is 11.8 Å². The van der Waals surface area contributed by atoms with E-state index in [0.29, 0.717) is 35.2 Å². The summed E-state index contributed by atoms with van der Waals surface area (Å²) in [4.78, 5) is 30.3. The van der Waals surface area contributed by atoms with Gasteiger partial charge >= 0.3 is 0 Å². The Hall–Kier alpha value is -2.54. The second-order valence-electron chi connectivity index (χ2n) is 6.58. The lowest BCUT2D eigenvalue weighted by Gasteiger charge is -2.20. The second-order valence-corrected chi connectivity index (χ2v) is 6.58. The quantitative estimate of drug-likeness (QED) is 0.829. The Morgan fingerprint density at radius 1 is 1.20 bits per heavy atom. The lowest BCUT2D eigenvalue weighted by molar-refractivity contribution is 0.0655. The number of nitrogens with zero attached hydrogens (tertiary/aromatic N) is 3. The summed E-state index contributed by atoms with van der Waals surface area (Å²) in [6, 6.07) is 6.89. The van der Waals surface area contributed by atoms with E-state index in [-0.39, 0.29) is 18.4 Å². The topological polar surface area (TPSA) is 88.3 Å². The van der Waals surface area contributed by atoms with Gasteiger partial charge in [-0.15, -0.1) is 0 Å². The minimum atomic E-state index is -0.252. The number of nitrogens with one attached hydrogen (secondary N) is 1. The van der Waals surface area contributed by atoms with E-state index in [1.807, 2.05) is 0 Å². The van der Waals surface area contributed by atoms with E-state index >= 15 is 0 Å². The van der Waals surface area contributed by atoms with Crippen molar-refractivity contribution < 1.29 is 14.1 Å². The molecule has 25 heavy (non-hydrogen) atoms. The summed E-state index contributed by atoms with van der Waals surface area (Å²) in [6.45, 7) is 2.31. The van der Waals surface area contributed by atoms with Crippen molar-refractivity contribution in [2.75, 3.05) is 19.6 Å². The Labute approximate surface area is 145 Å². The molecule has 4 rings (SSSR count). The molecule has 2 aromatic rings. The van der Waals surface area contributed by atoms with Crippen LogP contribution in [0.25, 0.3) is 0 Å². The first kappa shape index (κ1) is 16.0. The van der Waals surface area contributed by atoms with Gasteiger partial charge in [-0.2, -0.15) is 4.98 Å². The smallest absolute Gasteiger partial charge is 0.261 e. The van der Waals surface area contributed by atoms with Crippen LogP contribution in [-0.2, 0) is 12.8 Å². The fourth-order valence-electron chi connectivity index (χ4n) is 3.47. The number of piperidine rings is 1. The molecule has 1 atom stereocenters. The number of aromatic nitrogens is 2. The third-order valence-electron chi connectivity index (χ3n) is 4.81. The van der Waals surface area contributed by atoms with Crippen LogP contribution in [0.1, 0.15) is 45.3 Å². The average Bonchev–Trinajstić information content (AvgIpc) is 3.18. The van der Waals surface area contributed by atoms with Crippen molar-refractivity contribution in [2.24, 2.45) is 5.92 Å². The third kappa shape index (κ3) is 3.19. The van der Waals surface area contributed by atoms with E-state index in [4.69, 9.17) is 4.52 Å². The normalized spacial score (nSPS) is 20.2. The Morgan fingerprint density at radius 2 is 1.96 bits per heavy atom. The lowest BCUT2D eigenvalue weighted by Crippen LogP contribution is -2.32. The largest absolute Gasteiger partial charge is 0.339 e. The Kier molecular flexibility index (Phi) is 4.31. The fourth-order valence-corrected chi connectivity index (χ4v) is 3.47. The predicted octanol–water partition coefficient (Wildman–Crippen LogP) is 1.45. The summed E-state index contributed by atoms with van der Waals surface area (Å²) >= 11 is 0. The van der Waals surface area contributed by atoms with Crippen LogP contribution < -0.4 is 5.32 Å². The van der Waals surface area contributed by atoms with Crippen molar-refractivity contribution in [1.29, 1.82) is 0 Å². The molecule has 1 fully saturated rings. The highest BCUT2D eigenvalue weighted by Crippen LogP contribution is 2.22. The van der Waals surface area contributed by atoms with Gasteiger partial charge in [0.15, 0.2) is 5.82 Å². The van der Waals surface area contributed by atoms with Crippen LogP contribution in [0.3, 0.4) is 0 Å². The summed E-state index contributed by atoms with van der Waals surface area (Å²) < 4.78 is 5.32. The number of benzene rings is 1. The van der Waals surface area contributed by atoms with Crippen LogP contribution in [-0.4, -0.2) is 46.5 Å². The zero-order valence-corrected chi connectivity index (χ0v) is 13.9. The van der Waals surface area contributed by atoms with E-state index in [1.165, 1.54) is 17.7 Å². The molecule has 130 valence electrons. The number of hydrogen-bond donors (Lipinski definition) is 1. The first-order valence-corrected chi connectivity index (χ1v) is 8.70. The van der Waals surface area contributed by atoms with Gasteiger partial charge in [0.25, 0.3) is 11.8 Å². The second kappa shape index (κ2) is 6.76. The SMILES string of the molecule is O=C1c2ccccc2C(=O)N1CCc1noc(CC2CCCNC2)n1. The van der Waals surface area contributed by atoms with Crippen LogP contribution in [0.2, 0.25) is 0 Å². The maximum Gasteiger partial charge on any atom is 0.261 e. The van der Waals surface area contributed by atoms with E-state index in [1.54, 1.807) is 24.3 Å². The van der Waals surface area contributed by atoms with Crippen molar-refractivity contribution in [3.8, 4) is 0 Å². The molecule has 7 nitrogen and oxygen atoms in total. The van der Waals surface area contributed by atoms with E-state index in [9.17, 15) is 9.59 Å². The molecule has 1 saturated heterocycles. The van der Waals surface area contributed by atoms with Crippen molar-refractivity contribution in [2.45, 2.75) is 25.7 Å². The molecule has 1 unspecified atom stereocenters. The van der Waals surface area contributed by atoms with Gasteiger partial charge in [-0.25, -0.2) is 0 Å². The van der Waals surface area contributed by atoms with Gasteiger partial charge in [0, 0.05) is 19.4 Å². The van der Waals surface area contributed by atoms with Gasteiger partial charge in [0.1, 0.15) is 0 Å². The zero-order chi connectivity index (χ0) is 17.2. The van der Waals surface area contributed by atoms with Crippen LogP contribution in [0.5, 0.6) is 0 Å². The van der Waals surface area contributed by atoms with Crippen molar-refractivity contribution in [3.63, 3.8) is 0 Å². The molecule has 2 aliphatic rings. The molecule has 1 aromatic carbocycles. The number of carbonyl (C=O) groups is 2. The van der Waals surface area contributed by atoms with Gasteiger partial charge in [-0.1, -0.05) is 17.3 Å². The molecule has 2 aliphatic heterocycles. The molecular formula is C18H20N4O3. The highest BCUT2D eigenvalue weighted by molar-refractivity contribution is 6.21. The zero-order valence-electron chi connectivity index (χ0n) is 13.9. The number of fused-ring (bicyclic) bond motifs is 1. The van der Waals surface area contributed by atoms with Crippen molar-refractivity contribution in [1.82, 2.24) is 20.4 Å². The first-order chi connectivity index (χ1) is 12.2. The average molecular weight is 340 g/mol. The highest BCUT2D eigenvalue weighted by atomic mass is 16.5. The van der Waals surface area contributed by atoms with E-state index in [0.717, 1.165) is 19.5 Å². The summed E-state index contributed by atoms with van der Waals surface area (Å²) in [5, 5.41) is 7.36. The van der Waals surface area contributed by atoms with Gasteiger partial charge in [-0.05, 0) is 44.0 Å².